The van der Waals surface area contributed by atoms with Crippen molar-refractivity contribution in [2.75, 3.05) is 11.3 Å². The molecule has 0 aliphatic rings. The second kappa shape index (κ2) is 4.79. The van der Waals surface area contributed by atoms with Gasteiger partial charge in [-0.1, -0.05) is 24.0 Å². The van der Waals surface area contributed by atoms with E-state index in [1.54, 1.807) is 18.2 Å². The molecule has 0 saturated carbocycles. The lowest BCUT2D eigenvalue weighted by molar-refractivity contribution is 0.350. The van der Waals surface area contributed by atoms with Crippen molar-refractivity contribution < 1.29 is 13.5 Å². The van der Waals surface area contributed by atoms with E-state index < -0.39 is 10.2 Å². The van der Waals surface area contributed by atoms with E-state index in [9.17, 15) is 8.42 Å². The van der Waals surface area contributed by atoms with E-state index in [0.29, 0.717) is 11.3 Å². The number of rotatable bonds is 2. The van der Waals surface area contributed by atoms with Gasteiger partial charge in [0.25, 0.3) is 10.2 Å². The topological polar surface area (TPSA) is 92.4 Å². The number of hydrogen-bond acceptors (Lipinski definition) is 3. The molecule has 1 rings (SSSR count). The van der Waals surface area contributed by atoms with Crippen molar-refractivity contribution >= 4 is 15.9 Å². The van der Waals surface area contributed by atoms with Gasteiger partial charge in [0.2, 0.25) is 0 Å². The summed E-state index contributed by atoms with van der Waals surface area (Å²) in [6.07, 6.45) is 0. The van der Waals surface area contributed by atoms with E-state index in [1.807, 2.05) is 0 Å². The lowest BCUT2D eigenvalue weighted by Gasteiger charge is -2.05. The highest BCUT2D eigenvalue weighted by atomic mass is 32.2. The van der Waals surface area contributed by atoms with Crippen LogP contribution < -0.4 is 9.86 Å². The molecule has 0 aromatic heterocycles. The Balaban J connectivity index is 3.07. The van der Waals surface area contributed by atoms with Crippen molar-refractivity contribution in [2.45, 2.75) is 0 Å². The van der Waals surface area contributed by atoms with Crippen molar-refractivity contribution in [1.29, 1.82) is 0 Å². The van der Waals surface area contributed by atoms with Gasteiger partial charge < -0.3 is 5.11 Å². The fourth-order valence-electron chi connectivity index (χ4n) is 0.969. The molecule has 15 heavy (non-hydrogen) atoms. The van der Waals surface area contributed by atoms with Gasteiger partial charge in [0, 0.05) is 5.56 Å². The number of nitrogens with two attached hydrogens (primary N) is 1. The third kappa shape index (κ3) is 3.99. The van der Waals surface area contributed by atoms with Crippen LogP contribution in [0.4, 0.5) is 5.69 Å². The summed E-state index contributed by atoms with van der Waals surface area (Å²) in [6, 6.07) is 6.51. The molecule has 1 aromatic carbocycles. The van der Waals surface area contributed by atoms with Crippen LogP contribution in [-0.4, -0.2) is 20.1 Å². The van der Waals surface area contributed by atoms with Crippen molar-refractivity contribution in [3.8, 4) is 11.8 Å². The minimum Gasteiger partial charge on any atom is -0.384 e. The molecule has 0 aliphatic carbocycles. The normalized spacial score (nSPS) is 10.3. The Labute approximate surface area is 88.1 Å². The Bertz CT molecular complexity index is 500. The first kappa shape index (κ1) is 11.5. The van der Waals surface area contributed by atoms with E-state index in [4.69, 9.17) is 10.2 Å². The van der Waals surface area contributed by atoms with Crippen LogP contribution in [0.5, 0.6) is 0 Å². The van der Waals surface area contributed by atoms with E-state index in [-0.39, 0.29) is 6.61 Å². The average Bonchev–Trinajstić information content (AvgIpc) is 2.14. The average molecular weight is 226 g/mol. The fourth-order valence-corrected chi connectivity index (χ4v) is 1.45. The summed E-state index contributed by atoms with van der Waals surface area (Å²) in [6.45, 7) is -0.288. The van der Waals surface area contributed by atoms with Gasteiger partial charge in [-0.05, 0) is 12.1 Å². The van der Waals surface area contributed by atoms with Crippen LogP contribution in [0.25, 0.3) is 0 Å². The summed E-state index contributed by atoms with van der Waals surface area (Å²) >= 11 is 0. The van der Waals surface area contributed by atoms with E-state index in [0.717, 1.165) is 0 Å². The van der Waals surface area contributed by atoms with Crippen LogP contribution in [0.2, 0.25) is 0 Å². The standard InChI is InChI=1S/C9H10N2O3S/c10-15(13,14)11-9-6-2-1-4-8(9)5-3-7-12/h1-2,4,6,11-12H,7H2,(H2,10,13,14). The lowest BCUT2D eigenvalue weighted by Crippen LogP contribution is -2.22. The Morgan fingerprint density at radius 3 is 2.67 bits per heavy atom. The molecule has 4 N–H and O–H groups in total. The van der Waals surface area contributed by atoms with Crippen LogP contribution >= 0.6 is 0 Å². The van der Waals surface area contributed by atoms with E-state index in [2.05, 4.69) is 16.6 Å². The molecule has 0 bridgehead atoms. The van der Waals surface area contributed by atoms with Crippen molar-refractivity contribution in [1.82, 2.24) is 0 Å². The van der Waals surface area contributed by atoms with Crippen LogP contribution in [0.3, 0.4) is 0 Å². The maximum Gasteiger partial charge on any atom is 0.296 e. The zero-order chi connectivity index (χ0) is 11.3. The second-order valence-electron chi connectivity index (χ2n) is 2.65. The molecule has 0 saturated heterocycles. The zero-order valence-corrected chi connectivity index (χ0v) is 8.58. The van der Waals surface area contributed by atoms with Gasteiger partial charge in [-0.3, -0.25) is 4.72 Å². The summed E-state index contributed by atoms with van der Waals surface area (Å²) in [4.78, 5) is 0. The molecule has 0 radical (unpaired) electrons. The Morgan fingerprint density at radius 1 is 1.40 bits per heavy atom. The predicted molar refractivity (Wildman–Crippen MR) is 57.1 cm³/mol. The maximum atomic E-state index is 10.8. The number of nitrogens with one attached hydrogen (secondary N) is 1. The number of para-hydroxylation sites is 1. The summed E-state index contributed by atoms with van der Waals surface area (Å²) in [5.41, 5.74) is 0.751. The summed E-state index contributed by atoms with van der Waals surface area (Å²) < 4.78 is 23.7. The Hall–Kier alpha value is -1.55. The highest BCUT2D eigenvalue weighted by Gasteiger charge is 2.04. The number of benzene rings is 1. The van der Waals surface area contributed by atoms with Crippen LogP contribution in [0, 0.1) is 11.8 Å². The largest absolute Gasteiger partial charge is 0.384 e. The third-order valence-electron chi connectivity index (χ3n) is 1.48. The molecule has 80 valence electrons. The second-order valence-corrected chi connectivity index (χ2v) is 3.95. The van der Waals surface area contributed by atoms with Crippen molar-refractivity contribution in [3.05, 3.63) is 29.8 Å². The van der Waals surface area contributed by atoms with Gasteiger partial charge in [-0.2, -0.15) is 8.42 Å². The molecule has 1 aromatic rings. The van der Waals surface area contributed by atoms with Gasteiger partial charge in [-0.15, -0.1) is 0 Å². The highest BCUT2D eigenvalue weighted by Crippen LogP contribution is 2.13. The molecule has 5 nitrogen and oxygen atoms in total. The molecule has 6 heteroatoms. The number of aliphatic hydroxyl groups excluding tert-OH is 1. The minimum absolute atomic E-state index is 0.288. The molecule has 0 atom stereocenters. The summed E-state index contributed by atoms with van der Waals surface area (Å²) in [5, 5.41) is 13.3. The summed E-state index contributed by atoms with van der Waals surface area (Å²) in [7, 11) is -3.80. The number of aliphatic hydroxyl groups is 1. The van der Waals surface area contributed by atoms with Crippen LogP contribution in [0.1, 0.15) is 5.56 Å². The third-order valence-corrected chi connectivity index (χ3v) is 1.99. The van der Waals surface area contributed by atoms with Gasteiger partial charge in [0.05, 0.1) is 5.69 Å². The molecule has 0 spiro atoms. The first-order valence-corrected chi connectivity index (χ1v) is 5.57. The van der Waals surface area contributed by atoms with Crippen molar-refractivity contribution in [2.24, 2.45) is 5.14 Å². The number of anilines is 1. The maximum absolute atomic E-state index is 10.8. The monoisotopic (exact) mass is 226 g/mol. The van der Waals surface area contributed by atoms with Crippen LogP contribution in [0.15, 0.2) is 24.3 Å². The Morgan fingerprint density at radius 2 is 2.07 bits per heavy atom. The smallest absolute Gasteiger partial charge is 0.296 e. The first-order chi connectivity index (χ1) is 7.03. The van der Waals surface area contributed by atoms with Gasteiger partial charge in [0.15, 0.2) is 0 Å². The van der Waals surface area contributed by atoms with Crippen LogP contribution in [-0.2, 0) is 10.2 Å². The van der Waals surface area contributed by atoms with Crippen molar-refractivity contribution in [3.63, 3.8) is 0 Å². The quantitative estimate of drug-likeness (QED) is 0.601. The SMILES string of the molecule is NS(=O)(=O)Nc1ccccc1C#CCO. The van der Waals surface area contributed by atoms with E-state index >= 15 is 0 Å². The number of hydrogen-bond donors (Lipinski definition) is 3. The van der Waals surface area contributed by atoms with Gasteiger partial charge in [0.1, 0.15) is 6.61 Å². The molecule has 0 unspecified atom stereocenters. The first-order valence-electron chi connectivity index (χ1n) is 4.02. The highest BCUT2D eigenvalue weighted by molar-refractivity contribution is 7.90. The molecular formula is C9H10N2O3S. The lowest BCUT2D eigenvalue weighted by atomic mass is 10.2. The van der Waals surface area contributed by atoms with E-state index in [1.165, 1.54) is 6.07 Å². The molecule has 0 aliphatic heterocycles. The predicted octanol–water partition coefficient (Wildman–Crippen LogP) is -0.354. The summed E-state index contributed by atoms with van der Waals surface area (Å²) in [5.74, 6) is 5.02. The van der Waals surface area contributed by atoms with Gasteiger partial charge in [-0.25, -0.2) is 5.14 Å². The molecule has 0 amide bonds. The minimum atomic E-state index is -3.80. The fraction of sp³-hybridized carbons (Fsp3) is 0.111. The Kier molecular flexibility index (Phi) is 3.68. The van der Waals surface area contributed by atoms with Gasteiger partial charge >= 0.3 is 0 Å². The zero-order valence-electron chi connectivity index (χ0n) is 7.77. The molecule has 0 fully saturated rings. The molecular weight excluding hydrogens is 216 g/mol. The molecule has 0 heterocycles.